The summed E-state index contributed by atoms with van der Waals surface area (Å²) in [5.41, 5.74) is 3.12. The van der Waals surface area contributed by atoms with Crippen LogP contribution in [-0.4, -0.2) is 35.2 Å². The molecule has 0 fully saturated rings. The molecule has 1 aliphatic rings. The molecule has 27 heavy (non-hydrogen) atoms. The second-order valence-corrected chi connectivity index (χ2v) is 7.11. The highest BCUT2D eigenvalue weighted by molar-refractivity contribution is 5.80. The number of hydrogen-bond donors (Lipinski definition) is 0. The maximum Gasteiger partial charge on any atom is 0.225 e. The van der Waals surface area contributed by atoms with Gasteiger partial charge in [-0.25, -0.2) is 4.39 Å². The second kappa shape index (κ2) is 7.91. The van der Waals surface area contributed by atoms with Crippen molar-refractivity contribution in [2.75, 3.05) is 13.6 Å². The Hall–Kier alpha value is -2.69. The Kier molecular flexibility index (Phi) is 5.59. The van der Waals surface area contributed by atoms with Crippen LogP contribution in [0.25, 0.3) is 0 Å². The lowest BCUT2D eigenvalue weighted by Gasteiger charge is -2.38. The van der Waals surface area contributed by atoms with Gasteiger partial charge in [0.05, 0.1) is 18.5 Å². The van der Waals surface area contributed by atoms with Gasteiger partial charge in [-0.1, -0.05) is 36.4 Å². The summed E-state index contributed by atoms with van der Waals surface area (Å²) < 4.78 is 13.2. The minimum atomic E-state index is -0.296. The van der Waals surface area contributed by atoms with Crippen molar-refractivity contribution < 1.29 is 14.0 Å². The van der Waals surface area contributed by atoms with Gasteiger partial charge in [-0.3, -0.25) is 9.59 Å². The fourth-order valence-corrected chi connectivity index (χ4v) is 3.74. The first-order valence-corrected chi connectivity index (χ1v) is 9.24. The third kappa shape index (κ3) is 4.02. The summed E-state index contributed by atoms with van der Waals surface area (Å²) >= 11 is 0. The van der Waals surface area contributed by atoms with Crippen LogP contribution in [0.5, 0.6) is 0 Å². The van der Waals surface area contributed by atoms with Crippen molar-refractivity contribution in [3.8, 4) is 0 Å². The molecule has 142 valence electrons. The molecule has 0 aromatic heterocycles. The standard InChI is InChI=1S/C22H25FN2O2/c1-15(17-8-10-19(23)11-9-17)24(3)22(27)14-21-20-7-5-4-6-18(20)12-13-25(21)16(2)26/h4-11,15,21H,12-14H2,1-3H3. The minimum absolute atomic E-state index is 0.0171. The van der Waals surface area contributed by atoms with E-state index >= 15 is 0 Å². The zero-order chi connectivity index (χ0) is 19.6. The molecule has 4 nitrogen and oxygen atoms in total. The molecule has 2 unspecified atom stereocenters. The molecule has 2 aromatic rings. The molecule has 1 heterocycles. The Morgan fingerprint density at radius 1 is 1.19 bits per heavy atom. The highest BCUT2D eigenvalue weighted by Gasteiger charge is 2.32. The van der Waals surface area contributed by atoms with Crippen molar-refractivity contribution >= 4 is 11.8 Å². The molecule has 0 radical (unpaired) electrons. The van der Waals surface area contributed by atoms with Crippen molar-refractivity contribution in [2.45, 2.75) is 38.8 Å². The van der Waals surface area contributed by atoms with Crippen molar-refractivity contribution in [1.29, 1.82) is 0 Å². The molecule has 1 aliphatic heterocycles. The van der Waals surface area contributed by atoms with E-state index in [-0.39, 0.29) is 36.1 Å². The molecule has 0 saturated carbocycles. The molecule has 2 atom stereocenters. The molecule has 0 saturated heterocycles. The van der Waals surface area contributed by atoms with E-state index in [1.54, 1.807) is 35.9 Å². The van der Waals surface area contributed by atoms with Crippen LogP contribution in [-0.2, 0) is 16.0 Å². The molecule has 3 rings (SSSR count). The van der Waals surface area contributed by atoms with Crippen molar-refractivity contribution in [1.82, 2.24) is 9.80 Å². The summed E-state index contributed by atoms with van der Waals surface area (Å²) in [6.07, 6.45) is 1.04. The van der Waals surface area contributed by atoms with Gasteiger partial charge in [-0.2, -0.15) is 0 Å². The highest BCUT2D eigenvalue weighted by atomic mass is 19.1. The number of carbonyl (C=O) groups is 2. The summed E-state index contributed by atoms with van der Waals surface area (Å²) in [6.45, 7) is 4.10. The average Bonchev–Trinajstić information content (AvgIpc) is 2.67. The summed E-state index contributed by atoms with van der Waals surface area (Å²) in [6, 6.07) is 13.8. The molecule has 0 spiro atoms. The monoisotopic (exact) mass is 368 g/mol. The highest BCUT2D eigenvalue weighted by Crippen LogP contribution is 2.33. The van der Waals surface area contributed by atoms with Gasteiger partial charge in [0.2, 0.25) is 11.8 Å². The van der Waals surface area contributed by atoms with Crippen LogP contribution in [0, 0.1) is 5.82 Å². The predicted molar refractivity (Wildman–Crippen MR) is 102 cm³/mol. The molecular weight excluding hydrogens is 343 g/mol. The fourth-order valence-electron chi connectivity index (χ4n) is 3.74. The quantitative estimate of drug-likeness (QED) is 0.822. The van der Waals surface area contributed by atoms with Gasteiger partial charge in [0.15, 0.2) is 0 Å². The van der Waals surface area contributed by atoms with Gasteiger partial charge in [0.1, 0.15) is 5.82 Å². The molecular formula is C22H25FN2O2. The topological polar surface area (TPSA) is 40.6 Å². The van der Waals surface area contributed by atoms with Gasteiger partial charge in [0, 0.05) is 20.5 Å². The van der Waals surface area contributed by atoms with E-state index in [0.29, 0.717) is 6.54 Å². The SMILES string of the molecule is CC(=O)N1CCc2ccccc2C1CC(=O)N(C)C(C)c1ccc(F)cc1. The smallest absolute Gasteiger partial charge is 0.225 e. The van der Waals surface area contributed by atoms with Gasteiger partial charge in [-0.05, 0) is 42.2 Å². The molecule has 0 bridgehead atoms. The Morgan fingerprint density at radius 3 is 2.52 bits per heavy atom. The normalized spacial score (nSPS) is 17.2. The lowest BCUT2D eigenvalue weighted by Crippen LogP contribution is -2.41. The molecule has 2 aromatic carbocycles. The number of hydrogen-bond acceptors (Lipinski definition) is 2. The summed E-state index contributed by atoms with van der Waals surface area (Å²) in [4.78, 5) is 28.6. The zero-order valence-corrected chi connectivity index (χ0v) is 16.0. The minimum Gasteiger partial charge on any atom is -0.339 e. The van der Waals surface area contributed by atoms with Gasteiger partial charge < -0.3 is 9.80 Å². The summed E-state index contributed by atoms with van der Waals surface area (Å²) in [5.74, 6) is -0.354. The second-order valence-electron chi connectivity index (χ2n) is 7.11. The van der Waals surface area contributed by atoms with Crippen LogP contribution in [0.1, 0.15) is 49.0 Å². The molecule has 0 N–H and O–H groups in total. The van der Waals surface area contributed by atoms with E-state index in [2.05, 4.69) is 6.07 Å². The van der Waals surface area contributed by atoms with E-state index in [1.165, 1.54) is 17.7 Å². The zero-order valence-electron chi connectivity index (χ0n) is 16.0. The summed E-state index contributed by atoms with van der Waals surface area (Å²) in [7, 11) is 1.75. The number of carbonyl (C=O) groups excluding carboxylic acids is 2. The Bertz CT molecular complexity index is 834. The Morgan fingerprint density at radius 2 is 1.85 bits per heavy atom. The van der Waals surface area contributed by atoms with Crippen LogP contribution in [0.2, 0.25) is 0 Å². The number of benzene rings is 2. The van der Waals surface area contributed by atoms with E-state index < -0.39 is 0 Å². The number of fused-ring (bicyclic) bond motifs is 1. The van der Waals surface area contributed by atoms with E-state index in [0.717, 1.165) is 17.5 Å². The Balaban J connectivity index is 1.80. The summed E-state index contributed by atoms with van der Waals surface area (Å²) in [5, 5.41) is 0. The number of amides is 2. The number of halogens is 1. The first kappa shape index (κ1) is 19.1. The van der Waals surface area contributed by atoms with Crippen LogP contribution in [0.15, 0.2) is 48.5 Å². The van der Waals surface area contributed by atoms with Crippen LogP contribution in [0.4, 0.5) is 4.39 Å². The van der Waals surface area contributed by atoms with Gasteiger partial charge >= 0.3 is 0 Å². The largest absolute Gasteiger partial charge is 0.339 e. The molecule has 2 amide bonds. The van der Waals surface area contributed by atoms with E-state index in [1.807, 2.05) is 25.1 Å². The predicted octanol–water partition coefficient (Wildman–Crippen LogP) is 3.88. The molecule has 5 heteroatoms. The number of rotatable bonds is 4. The van der Waals surface area contributed by atoms with Crippen LogP contribution >= 0.6 is 0 Å². The van der Waals surface area contributed by atoms with E-state index in [4.69, 9.17) is 0 Å². The fraction of sp³-hybridized carbons (Fsp3) is 0.364. The van der Waals surface area contributed by atoms with Crippen LogP contribution < -0.4 is 0 Å². The maximum atomic E-state index is 13.2. The Labute approximate surface area is 159 Å². The third-order valence-corrected chi connectivity index (χ3v) is 5.51. The first-order valence-electron chi connectivity index (χ1n) is 9.24. The third-order valence-electron chi connectivity index (χ3n) is 5.51. The van der Waals surface area contributed by atoms with E-state index in [9.17, 15) is 14.0 Å². The average molecular weight is 368 g/mol. The molecule has 0 aliphatic carbocycles. The van der Waals surface area contributed by atoms with Gasteiger partial charge in [-0.15, -0.1) is 0 Å². The lowest BCUT2D eigenvalue weighted by molar-refractivity contribution is -0.137. The van der Waals surface area contributed by atoms with Crippen molar-refractivity contribution in [2.24, 2.45) is 0 Å². The van der Waals surface area contributed by atoms with Crippen LogP contribution in [0.3, 0.4) is 0 Å². The lowest BCUT2D eigenvalue weighted by atomic mass is 9.90. The first-order chi connectivity index (χ1) is 12.9. The number of nitrogens with zero attached hydrogens (tertiary/aromatic N) is 2. The van der Waals surface area contributed by atoms with Gasteiger partial charge in [0.25, 0.3) is 0 Å². The maximum absolute atomic E-state index is 13.2. The van der Waals surface area contributed by atoms with Crippen molar-refractivity contribution in [3.05, 3.63) is 71.0 Å². The van der Waals surface area contributed by atoms with Crippen molar-refractivity contribution in [3.63, 3.8) is 0 Å².